The summed E-state index contributed by atoms with van der Waals surface area (Å²) in [4.78, 5) is 27.7. The van der Waals surface area contributed by atoms with Crippen molar-refractivity contribution >= 4 is 17.5 Å². The van der Waals surface area contributed by atoms with Crippen LogP contribution in [0.15, 0.2) is 48.5 Å². The number of carbonyl (C=O) groups is 2. The zero-order valence-electron chi connectivity index (χ0n) is 18.9. The quantitative estimate of drug-likeness (QED) is 0.555. The second-order valence-corrected chi connectivity index (χ2v) is 7.91. The van der Waals surface area contributed by atoms with E-state index in [1.54, 1.807) is 25.3 Å². The summed E-state index contributed by atoms with van der Waals surface area (Å²) in [5.74, 6) is 0.581. The van der Waals surface area contributed by atoms with Gasteiger partial charge in [-0.3, -0.25) is 14.5 Å². The van der Waals surface area contributed by atoms with Crippen LogP contribution in [0.3, 0.4) is 0 Å². The van der Waals surface area contributed by atoms with Crippen molar-refractivity contribution in [3.8, 4) is 5.75 Å². The predicted molar refractivity (Wildman–Crippen MR) is 125 cm³/mol. The average molecular weight is 440 g/mol. The lowest BCUT2D eigenvalue weighted by Gasteiger charge is -2.31. The van der Waals surface area contributed by atoms with E-state index < -0.39 is 0 Å². The van der Waals surface area contributed by atoms with Crippen molar-refractivity contribution in [3.63, 3.8) is 0 Å². The van der Waals surface area contributed by atoms with E-state index >= 15 is 0 Å². The Labute approximate surface area is 190 Å². The first-order valence-corrected chi connectivity index (χ1v) is 11.2. The van der Waals surface area contributed by atoms with E-state index in [1.807, 2.05) is 25.1 Å². The van der Waals surface area contributed by atoms with Crippen molar-refractivity contribution in [1.82, 2.24) is 10.2 Å². The van der Waals surface area contributed by atoms with Crippen LogP contribution in [0.25, 0.3) is 0 Å². The summed E-state index contributed by atoms with van der Waals surface area (Å²) < 4.78 is 10.6. The molecule has 2 aromatic rings. The number of nitrogens with zero attached hydrogens (tertiary/aromatic N) is 1. The van der Waals surface area contributed by atoms with Crippen LogP contribution in [-0.4, -0.2) is 56.7 Å². The molecule has 0 saturated carbocycles. The second-order valence-electron chi connectivity index (χ2n) is 7.91. The molecule has 7 heteroatoms. The number of rotatable bonds is 10. The zero-order chi connectivity index (χ0) is 22.8. The third-order valence-electron chi connectivity index (χ3n) is 5.60. The molecule has 0 unspecified atom stereocenters. The largest absolute Gasteiger partial charge is 0.494 e. The van der Waals surface area contributed by atoms with Crippen molar-refractivity contribution in [2.75, 3.05) is 45.3 Å². The van der Waals surface area contributed by atoms with Crippen molar-refractivity contribution in [1.29, 1.82) is 0 Å². The highest BCUT2D eigenvalue weighted by Crippen LogP contribution is 2.23. The normalized spacial score (nSPS) is 14.7. The lowest BCUT2D eigenvalue weighted by molar-refractivity contribution is -0.121. The summed E-state index contributed by atoms with van der Waals surface area (Å²) in [5, 5.41) is 5.77. The van der Waals surface area contributed by atoms with Gasteiger partial charge in [-0.05, 0) is 62.7 Å². The summed E-state index contributed by atoms with van der Waals surface area (Å²) in [5.41, 5.74) is 2.22. The van der Waals surface area contributed by atoms with E-state index in [0.29, 0.717) is 31.0 Å². The fourth-order valence-electron chi connectivity index (χ4n) is 3.90. The lowest BCUT2D eigenvalue weighted by Crippen LogP contribution is -2.38. The number of hydrogen-bond acceptors (Lipinski definition) is 5. The van der Waals surface area contributed by atoms with Gasteiger partial charge in [-0.25, -0.2) is 0 Å². The van der Waals surface area contributed by atoms with E-state index in [9.17, 15) is 9.59 Å². The number of benzene rings is 2. The van der Waals surface area contributed by atoms with E-state index in [-0.39, 0.29) is 17.7 Å². The molecule has 7 nitrogen and oxygen atoms in total. The SMILES string of the molecule is CCOc1cccc(CN2CCC(C(=O)Nc3ccccc3C(=O)NCCOC)CC2)c1. The van der Waals surface area contributed by atoms with Crippen molar-refractivity contribution < 1.29 is 19.1 Å². The van der Waals surface area contributed by atoms with Crippen LogP contribution in [-0.2, 0) is 16.1 Å². The van der Waals surface area contributed by atoms with Crippen molar-refractivity contribution in [2.24, 2.45) is 5.92 Å². The maximum atomic E-state index is 12.9. The molecule has 1 aliphatic heterocycles. The summed E-state index contributed by atoms with van der Waals surface area (Å²) >= 11 is 0. The molecule has 3 rings (SSSR count). The molecular weight excluding hydrogens is 406 g/mol. The number of ether oxygens (including phenoxy) is 2. The zero-order valence-corrected chi connectivity index (χ0v) is 18.9. The predicted octanol–water partition coefficient (Wildman–Crippen LogP) is 3.31. The van der Waals surface area contributed by atoms with E-state index in [0.717, 1.165) is 38.2 Å². The number of likely N-dealkylation sites (tertiary alicyclic amines) is 1. The maximum Gasteiger partial charge on any atom is 0.253 e. The van der Waals surface area contributed by atoms with Gasteiger partial charge in [-0.1, -0.05) is 24.3 Å². The van der Waals surface area contributed by atoms with Crippen LogP contribution in [0.1, 0.15) is 35.7 Å². The number of nitrogens with one attached hydrogen (secondary N) is 2. The van der Waals surface area contributed by atoms with Gasteiger partial charge in [0.2, 0.25) is 5.91 Å². The number of hydrogen-bond donors (Lipinski definition) is 2. The maximum absolute atomic E-state index is 12.9. The summed E-state index contributed by atoms with van der Waals surface area (Å²) in [6.45, 7) is 6.06. The van der Waals surface area contributed by atoms with Crippen LogP contribution in [0.2, 0.25) is 0 Å². The number of para-hydroxylation sites is 1. The summed E-state index contributed by atoms with van der Waals surface area (Å²) in [6.07, 6.45) is 1.58. The van der Waals surface area contributed by atoms with Crippen LogP contribution < -0.4 is 15.4 Å². The van der Waals surface area contributed by atoms with Gasteiger partial charge in [0.15, 0.2) is 0 Å². The minimum absolute atomic E-state index is 0.0277. The van der Waals surface area contributed by atoms with Crippen LogP contribution in [0.4, 0.5) is 5.69 Å². The number of amides is 2. The van der Waals surface area contributed by atoms with Crippen LogP contribution >= 0.6 is 0 Å². The average Bonchev–Trinajstić information content (AvgIpc) is 2.80. The Balaban J connectivity index is 1.52. The Kier molecular flexibility index (Phi) is 9.07. The molecular formula is C25H33N3O4. The Morgan fingerprint density at radius 1 is 1.09 bits per heavy atom. The minimum atomic E-state index is -0.220. The third-order valence-corrected chi connectivity index (χ3v) is 5.60. The Hall–Kier alpha value is -2.90. The van der Waals surface area contributed by atoms with Crippen LogP contribution in [0.5, 0.6) is 5.75 Å². The van der Waals surface area contributed by atoms with Gasteiger partial charge >= 0.3 is 0 Å². The first-order valence-electron chi connectivity index (χ1n) is 11.2. The molecule has 172 valence electrons. The van der Waals surface area contributed by atoms with Gasteiger partial charge in [0.25, 0.3) is 5.91 Å². The highest BCUT2D eigenvalue weighted by atomic mass is 16.5. The fourth-order valence-corrected chi connectivity index (χ4v) is 3.90. The monoisotopic (exact) mass is 439 g/mol. The molecule has 1 heterocycles. The summed E-state index contributed by atoms with van der Waals surface area (Å²) in [7, 11) is 1.59. The van der Waals surface area contributed by atoms with Gasteiger partial charge in [0.1, 0.15) is 5.75 Å². The van der Waals surface area contributed by atoms with Crippen LogP contribution in [0, 0.1) is 5.92 Å². The molecule has 2 amide bonds. The molecule has 1 aliphatic rings. The molecule has 1 fully saturated rings. The molecule has 0 aromatic heterocycles. The molecule has 1 saturated heterocycles. The van der Waals surface area contributed by atoms with E-state index in [1.165, 1.54) is 5.56 Å². The molecule has 0 bridgehead atoms. The molecule has 2 aromatic carbocycles. The topological polar surface area (TPSA) is 79.9 Å². The van der Waals surface area contributed by atoms with Gasteiger partial charge in [-0.2, -0.15) is 0 Å². The Morgan fingerprint density at radius 3 is 2.62 bits per heavy atom. The van der Waals surface area contributed by atoms with Crippen molar-refractivity contribution in [2.45, 2.75) is 26.3 Å². The first kappa shape index (κ1) is 23.8. The summed E-state index contributed by atoms with van der Waals surface area (Å²) in [6, 6.07) is 15.3. The van der Waals surface area contributed by atoms with Gasteiger partial charge in [0, 0.05) is 26.1 Å². The minimum Gasteiger partial charge on any atom is -0.494 e. The van der Waals surface area contributed by atoms with Gasteiger partial charge < -0.3 is 20.1 Å². The smallest absolute Gasteiger partial charge is 0.253 e. The van der Waals surface area contributed by atoms with E-state index in [4.69, 9.17) is 9.47 Å². The molecule has 2 N–H and O–H groups in total. The molecule has 32 heavy (non-hydrogen) atoms. The first-order chi connectivity index (χ1) is 15.6. The third kappa shape index (κ3) is 6.80. The highest BCUT2D eigenvalue weighted by molar-refractivity contribution is 6.04. The second kappa shape index (κ2) is 12.2. The molecule has 0 spiro atoms. The fraction of sp³-hybridized carbons (Fsp3) is 0.440. The standard InChI is InChI=1S/C25H33N3O4/c1-3-32-21-8-6-7-19(17-21)18-28-14-11-20(12-15-28)24(29)27-23-10-5-4-9-22(23)25(30)26-13-16-31-2/h4-10,17,20H,3,11-16,18H2,1-2H3,(H,26,30)(H,27,29). The van der Waals surface area contributed by atoms with Crippen molar-refractivity contribution in [3.05, 3.63) is 59.7 Å². The number of methoxy groups -OCH3 is 1. The number of carbonyl (C=O) groups excluding carboxylic acids is 2. The van der Waals surface area contributed by atoms with Gasteiger partial charge in [-0.15, -0.1) is 0 Å². The number of piperidine rings is 1. The number of anilines is 1. The lowest BCUT2D eigenvalue weighted by atomic mass is 9.95. The van der Waals surface area contributed by atoms with Gasteiger partial charge in [0.05, 0.1) is 24.5 Å². The molecule has 0 aliphatic carbocycles. The molecule has 0 atom stereocenters. The molecule has 0 radical (unpaired) electrons. The Bertz CT molecular complexity index is 894. The highest BCUT2D eigenvalue weighted by Gasteiger charge is 2.26. The van der Waals surface area contributed by atoms with E-state index in [2.05, 4.69) is 27.7 Å². The Morgan fingerprint density at radius 2 is 1.88 bits per heavy atom.